The van der Waals surface area contributed by atoms with Gasteiger partial charge in [-0.3, -0.25) is 14.3 Å². The van der Waals surface area contributed by atoms with Crippen LogP contribution in [0.2, 0.25) is 0 Å². The van der Waals surface area contributed by atoms with E-state index in [4.69, 9.17) is 0 Å². The number of hydrogen-bond donors (Lipinski definition) is 0. The molecular formula is C7H6N2OS. The summed E-state index contributed by atoms with van der Waals surface area (Å²) in [4.78, 5) is 14.9. The first kappa shape index (κ1) is 6.67. The third-order valence-electron chi connectivity index (χ3n) is 1.49. The molecule has 0 saturated carbocycles. The monoisotopic (exact) mass is 166 g/mol. The number of hydrogen-bond acceptors (Lipinski definition) is 3. The SMILES string of the molecule is O=c1cncc2n1C=CSC2. The number of aromatic nitrogens is 2. The number of rotatable bonds is 0. The molecule has 0 fully saturated rings. The molecule has 0 spiro atoms. The maximum absolute atomic E-state index is 11.1. The third kappa shape index (κ3) is 1.09. The van der Waals surface area contributed by atoms with Crippen LogP contribution in [-0.4, -0.2) is 9.55 Å². The van der Waals surface area contributed by atoms with Gasteiger partial charge in [0.25, 0.3) is 5.56 Å². The second-order valence-electron chi connectivity index (χ2n) is 2.20. The van der Waals surface area contributed by atoms with Crippen LogP contribution in [-0.2, 0) is 5.75 Å². The summed E-state index contributed by atoms with van der Waals surface area (Å²) in [5.41, 5.74) is 0.907. The van der Waals surface area contributed by atoms with E-state index in [1.54, 1.807) is 28.7 Å². The Labute approximate surface area is 67.8 Å². The zero-order chi connectivity index (χ0) is 7.68. The molecule has 1 aliphatic heterocycles. The van der Waals surface area contributed by atoms with E-state index < -0.39 is 0 Å². The molecule has 2 rings (SSSR count). The molecule has 0 amide bonds. The van der Waals surface area contributed by atoms with Crippen molar-refractivity contribution in [1.29, 1.82) is 0 Å². The minimum absolute atomic E-state index is 0.0564. The Hall–Kier alpha value is -1.03. The van der Waals surface area contributed by atoms with Crippen molar-refractivity contribution in [3.8, 4) is 0 Å². The Morgan fingerprint density at radius 1 is 1.55 bits per heavy atom. The van der Waals surface area contributed by atoms with Crippen molar-refractivity contribution in [2.24, 2.45) is 0 Å². The van der Waals surface area contributed by atoms with Crippen LogP contribution in [0.4, 0.5) is 0 Å². The van der Waals surface area contributed by atoms with E-state index in [1.807, 2.05) is 5.41 Å². The fraction of sp³-hybridized carbons (Fsp3) is 0.143. The van der Waals surface area contributed by atoms with Gasteiger partial charge >= 0.3 is 0 Å². The van der Waals surface area contributed by atoms with E-state index >= 15 is 0 Å². The van der Waals surface area contributed by atoms with Gasteiger partial charge in [-0.1, -0.05) is 0 Å². The summed E-state index contributed by atoms with van der Waals surface area (Å²) in [5.74, 6) is 0.833. The van der Waals surface area contributed by atoms with E-state index in [2.05, 4.69) is 4.98 Å². The van der Waals surface area contributed by atoms with E-state index in [-0.39, 0.29) is 5.56 Å². The molecule has 0 N–H and O–H groups in total. The smallest absolute Gasteiger partial charge is 0.273 e. The van der Waals surface area contributed by atoms with Crippen LogP contribution in [0.3, 0.4) is 0 Å². The van der Waals surface area contributed by atoms with Gasteiger partial charge < -0.3 is 0 Å². The molecular weight excluding hydrogens is 160 g/mol. The van der Waals surface area contributed by atoms with Gasteiger partial charge in [-0.05, 0) is 5.41 Å². The second-order valence-corrected chi connectivity index (χ2v) is 3.10. The zero-order valence-corrected chi connectivity index (χ0v) is 6.54. The predicted molar refractivity (Wildman–Crippen MR) is 45.1 cm³/mol. The molecule has 0 aromatic carbocycles. The zero-order valence-electron chi connectivity index (χ0n) is 5.73. The minimum Gasteiger partial charge on any atom is -0.284 e. The van der Waals surface area contributed by atoms with Gasteiger partial charge in [-0.2, -0.15) is 0 Å². The minimum atomic E-state index is -0.0564. The molecule has 0 aliphatic carbocycles. The maximum atomic E-state index is 11.1. The molecule has 11 heavy (non-hydrogen) atoms. The molecule has 0 saturated heterocycles. The maximum Gasteiger partial charge on any atom is 0.273 e. The van der Waals surface area contributed by atoms with Crippen molar-refractivity contribution in [2.75, 3.05) is 0 Å². The number of nitrogens with zero attached hydrogens (tertiary/aromatic N) is 2. The fourth-order valence-electron chi connectivity index (χ4n) is 0.966. The Bertz CT molecular complexity index is 356. The van der Waals surface area contributed by atoms with Gasteiger partial charge in [-0.15, -0.1) is 11.8 Å². The molecule has 1 aromatic rings. The molecule has 1 aliphatic rings. The average molecular weight is 166 g/mol. The molecule has 3 nitrogen and oxygen atoms in total. The van der Waals surface area contributed by atoms with Crippen LogP contribution >= 0.6 is 11.8 Å². The highest BCUT2D eigenvalue weighted by molar-refractivity contribution is 8.01. The summed E-state index contributed by atoms with van der Waals surface area (Å²) in [6.07, 6.45) is 4.81. The summed E-state index contributed by atoms with van der Waals surface area (Å²) >= 11 is 1.67. The molecule has 4 heteroatoms. The first-order valence-electron chi connectivity index (χ1n) is 3.21. The van der Waals surface area contributed by atoms with Crippen LogP contribution < -0.4 is 5.56 Å². The summed E-state index contributed by atoms with van der Waals surface area (Å²) in [6, 6.07) is 0. The highest BCUT2D eigenvalue weighted by Gasteiger charge is 2.03. The van der Waals surface area contributed by atoms with E-state index in [1.165, 1.54) is 6.20 Å². The van der Waals surface area contributed by atoms with E-state index in [9.17, 15) is 4.79 Å². The Balaban J connectivity index is 2.70. The number of thioether (sulfide) groups is 1. The van der Waals surface area contributed by atoms with Crippen molar-refractivity contribution in [3.05, 3.63) is 33.8 Å². The Morgan fingerprint density at radius 3 is 3.27 bits per heavy atom. The standard InChI is InChI=1S/C7H6N2OS/c10-7-4-8-3-6-5-11-2-1-9(6)7/h1-4H,5H2. The van der Waals surface area contributed by atoms with Gasteiger partial charge in [0.15, 0.2) is 0 Å². The van der Waals surface area contributed by atoms with E-state index in [0.717, 1.165) is 11.4 Å². The van der Waals surface area contributed by atoms with E-state index in [0.29, 0.717) is 0 Å². The average Bonchev–Trinajstić information content (AvgIpc) is 2.06. The molecule has 0 bridgehead atoms. The highest BCUT2D eigenvalue weighted by atomic mass is 32.2. The van der Waals surface area contributed by atoms with Gasteiger partial charge in [0, 0.05) is 18.1 Å². The summed E-state index contributed by atoms with van der Waals surface area (Å²) in [6.45, 7) is 0. The lowest BCUT2D eigenvalue weighted by atomic mass is 10.5. The molecule has 0 atom stereocenters. The third-order valence-corrected chi connectivity index (χ3v) is 2.27. The van der Waals surface area contributed by atoms with Crippen molar-refractivity contribution in [2.45, 2.75) is 5.75 Å². The van der Waals surface area contributed by atoms with Crippen LogP contribution in [0.1, 0.15) is 5.69 Å². The van der Waals surface area contributed by atoms with Gasteiger partial charge in [0.1, 0.15) is 0 Å². The van der Waals surface area contributed by atoms with Crippen molar-refractivity contribution in [1.82, 2.24) is 9.55 Å². The van der Waals surface area contributed by atoms with Crippen molar-refractivity contribution >= 4 is 18.0 Å². The normalized spacial score (nSPS) is 14.5. The lowest BCUT2D eigenvalue weighted by Crippen LogP contribution is -2.19. The predicted octanol–water partition coefficient (Wildman–Crippen LogP) is 0.918. The topological polar surface area (TPSA) is 34.9 Å². The van der Waals surface area contributed by atoms with Crippen LogP contribution in [0.15, 0.2) is 22.6 Å². The summed E-state index contributed by atoms with van der Waals surface area (Å²) < 4.78 is 1.61. The fourth-order valence-corrected chi connectivity index (χ4v) is 1.65. The Morgan fingerprint density at radius 2 is 2.45 bits per heavy atom. The quantitative estimate of drug-likeness (QED) is 0.574. The second kappa shape index (κ2) is 2.54. The molecule has 0 unspecified atom stereocenters. The Kier molecular flexibility index (Phi) is 1.54. The molecule has 1 aromatic heterocycles. The van der Waals surface area contributed by atoms with Crippen molar-refractivity contribution in [3.63, 3.8) is 0 Å². The van der Waals surface area contributed by atoms with Crippen LogP contribution in [0.5, 0.6) is 0 Å². The molecule has 0 radical (unpaired) electrons. The van der Waals surface area contributed by atoms with Gasteiger partial charge in [0.05, 0.1) is 11.9 Å². The first-order chi connectivity index (χ1) is 5.38. The summed E-state index contributed by atoms with van der Waals surface area (Å²) in [7, 11) is 0. The van der Waals surface area contributed by atoms with Crippen molar-refractivity contribution < 1.29 is 0 Å². The van der Waals surface area contributed by atoms with Gasteiger partial charge in [-0.25, -0.2) is 0 Å². The van der Waals surface area contributed by atoms with Crippen LogP contribution in [0, 0.1) is 0 Å². The molecule has 56 valence electrons. The highest BCUT2D eigenvalue weighted by Crippen LogP contribution is 2.16. The van der Waals surface area contributed by atoms with Gasteiger partial charge in [0.2, 0.25) is 0 Å². The largest absolute Gasteiger partial charge is 0.284 e. The van der Waals surface area contributed by atoms with Crippen LogP contribution in [0.25, 0.3) is 6.20 Å². The lowest BCUT2D eigenvalue weighted by molar-refractivity contribution is 0.937. The lowest BCUT2D eigenvalue weighted by Gasteiger charge is -2.09. The molecule has 2 heterocycles. The first-order valence-corrected chi connectivity index (χ1v) is 4.26. The summed E-state index contributed by atoms with van der Waals surface area (Å²) in [5, 5.41) is 1.91. The number of fused-ring (bicyclic) bond motifs is 1.